The van der Waals surface area contributed by atoms with Crippen LogP contribution >= 0.6 is 0 Å². The molecule has 0 radical (unpaired) electrons. The average molecular weight is 236 g/mol. The van der Waals surface area contributed by atoms with Crippen LogP contribution in [0.4, 0.5) is 4.39 Å². The molecular formula is C14H21FN2. The molecule has 0 spiro atoms. The van der Waals surface area contributed by atoms with Crippen LogP contribution in [0.2, 0.25) is 0 Å². The summed E-state index contributed by atoms with van der Waals surface area (Å²) in [5.41, 5.74) is 1.33. The summed E-state index contributed by atoms with van der Waals surface area (Å²) in [6.45, 7) is 9.61. The van der Waals surface area contributed by atoms with Gasteiger partial charge < -0.3 is 5.32 Å². The summed E-state index contributed by atoms with van der Waals surface area (Å²) in [5, 5.41) is 3.50. The van der Waals surface area contributed by atoms with E-state index in [1.165, 1.54) is 17.7 Å². The summed E-state index contributed by atoms with van der Waals surface area (Å²) >= 11 is 0. The second-order valence-corrected chi connectivity index (χ2v) is 5.60. The van der Waals surface area contributed by atoms with Gasteiger partial charge in [-0.15, -0.1) is 0 Å². The lowest BCUT2D eigenvalue weighted by Crippen LogP contribution is -2.60. The van der Waals surface area contributed by atoms with E-state index >= 15 is 0 Å². The molecular weight excluding hydrogens is 215 g/mol. The van der Waals surface area contributed by atoms with E-state index in [2.05, 4.69) is 31.0 Å². The zero-order valence-corrected chi connectivity index (χ0v) is 10.8. The maximum Gasteiger partial charge on any atom is 0.123 e. The maximum atomic E-state index is 12.9. The van der Waals surface area contributed by atoms with Crippen LogP contribution in [0, 0.1) is 5.82 Å². The van der Waals surface area contributed by atoms with Crippen LogP contribution in [0.3, 0.4) is 0 Å². The highest BCUT2D eigenvalue weighted by atomic mass is 19.1. The molecule has 1 saturated heterocycles. The summed E-state index contributed by atoms with van der Waals surface area (Å²) in [7, 11) is 0. The van der Waals surface area contributed by atoms with Crippen molar-refractivity contribution in [2.75, 3.05) is 13.1 Å². The Bertz CT molecular complexity index is 372. The number of hydrogen-bond donors (Lipinski definition) is 1. The van der Waals surface area contributed by atoms with Gasteiger partial charge in [0, 0.05) is 31.2 Å². The van der Waals surface area contributed by atoms with E-state index < -0.39 is 0 Å². The zero-order valence-electron chi connectivity index (χ0n) is 10.8. The van der Waals surface area contributed by atoms with Crippen LogP contribution in [0.5, 0.6) is 0 Å². The molecule has 0 amide bonds. The van der Waals surface area contributed by atoms with Crippen molar-refractivity contribution in [3.05, 3.63) is 35.6 Å². The van der Waals surface area contributed by atoms with Crippen molar-refractivity contribution in [3.8, 4) is 0 Å². The molecule has 3 heteroatoms. The van der Waals surface area contributed by atoms with Gasteiger partial charge in [0.2, 0.25) is 0 Å². The van der Waals surface area contributed by atoms with Crippen molar-refractivity contribution in [3.63, 3.8) is 0 Å². The second-order valence-electron chi connectivity index (χ2n) is 5.60. The number of hydrogen-bond acceptors (Lipinski definition) is 2. The largest absolute Gasteiger partial charge is 0.311 e. The minimum absolute atomic E-state index is 0.154. The SMILES string of the molecule is CC1CN(Cc2ccc(F)cc2)C(C)(C)CN1. The number of rotatable bonds is 2. The third kappa shape index (κ3) is 3.05. The van der Waals surface area contributed by atoms with Crippen LogP contribution in [0.15, 0.2) is 24.3 Å². The van der Waals surface area contributed by atoms with Gasteiger partial charge >= 0.3 is 0 Å². The second kappa shape index (κ2) is 4.75. The predicted molar refractivity (Wildman–Crippen MR) is 68.4 cm³/mol. The predicted octanol–water partition coefficient (Wildman–Crippen LogP) is 2.40. The molecule has 1 aromatic carbocycles. The molecule has 2 nitrogen and oxygen atoms in total. The van der Waals surface area contributed by atoms with Crippen LogP contribution in [0.1, 0.15) is 26.3 Å². The first-order valence-corrected chi connectivity index (χ1v) is 6.20. The number of nitrogens with one attached hydrogen (secondary N) is 1. The normalized spacial score (nSPS) is 24.8. The highest BCUT2D eigenvalue weighted by Gasteiger charge is 2.32. The van der Waals surface area contributed by atoms with Crippen molar-refractivity contribution in [1.29, 1.82) is 0 Å². The monoisotopic (exact) mass is 236 g/mol. The van der Waals surface area contributed by atoms with E-state index in [9.17, 15) is 4.39 Å². The summed E-state index contributed by atoms with van der Waals surface area (Å²) in [4.78, 5) is 2.46. The molecule has 2 rings (SSSR count). The van der Waals surface area contributed by atoms with Gasteiger partial charge in [-0.05, 0) is 38.5 Å². The average Bonchev–Trinajstić information content (AvgIpc) is 2.27. The topological polar surface area (TPSA) is 15.3 Å². The smallest absolute Gasteiger partial charge is 0.123 e. The van der Waals surface area contributed by atoms with Gasteiger partial charge in [0.05, 0.1) is 0 Å². The first-order valence-electron chi connectivity index (χ1n) is 6.20. The van der Waals surface area contributed by atoms with E-state index in [-0.39, 0.29) is 11.4 Å². The van der Waals surface area contributed by atoms with Crippen LogP contribution < -0.4 is 5.32 Å². The Hall–Kier alpha value is -0.930. The molecule has 1 atom stereocenters. The lowest BCUT2D eigenvalue weighted by molar-refractivity contribution is 0.0626. The van der Waals surface area contributed by atoms with Gasteiger partial charge in [0.25, 0.3) is 0 Å². The minimum Gasteiger partial charge on any atom is -0.311 e. The van der Waals surface area contributed by atoms with Crippen LogP contribution in [-0.4, -0.2) is 29.6 Å². The molecule has 1 unspecified atom stereocenters. The number of benzene rings is 1. The van der Waals surface area contributed by atoms with E-state index in [4.69, 9.17) is 0 Å². The summed E-state index contributed by atoms with van der Waals surface area (Å²) in [5.74, 6) is -0.165. The number of halogens is 1. The van der Waals surface area contributed by atoms with E-state index in [1.807, 2.05) is 12.1 Å². The van der Waals surface area contributed by atoms with Crippen LogP contribution in [0.25, 0.3) is 0 Å². The van der Waals surface area contributed by atoms with Gasteiger partial charge in [0.1, 0.15) is 5.82 Å². The van der Waals surface area contributed by atoms with Gasteiger partial charge in [-0.3, -0.25) is 4.90 Å². The van der Waals surface area contributed by atoms with Crippen molar-refractivity contribution in [2.45, 2.75) is 38.9 Å². The lowest BCUT2D eigenvalue weighted by atomic mass is 9.97. The third-order valence-corrected chi connectivity index (χ3v) is 3.52. The van der Waals surface area contributed by atoms with Crippen molar-refractivity contribution in [2.24, 2.45) is 0 Å². The Kier molecular flexibility index (Phi) is 3.50. The van der Waals surface area contributed by atoms with E-state index in [0.29, 0.717) is 6.04 Å². The molecule has 1 heterocycles. The van der Waals surface area contributed by atoms with Gasteiger partial charge in [-0.25, -0.2) is 4.39 Å². The molecule has 1 aromatic rings. The summed E-state index contributed by atoms with van der Waals surface area (Å²) in [6.07, 6.45) is 0. The van der Waals surface area contributed by atoms with Crippen molar-refractivity contribution < 1.29 is 4.39 Å². The highest BCUT2D eigenvalue weighted by molar-refractivity contribution is 5.16. The minimum atomic E-state index is -0.165. The summed E-state index contributed by atoms with van der Waals surface area (Å²) < 4.78 is 12.9. The highest BCUT2D eigenvalue weighted by Crippen LogP contribution is 2.21. The Labute approximate surface area is 103 Å². The first kappa shape index (κ1) is 12.5. The fourth-order valence-corrected chi connectivity index (χ4v) is 2.27. The Morgan fingerprint density at radius 1 is 1.35 bits per heavy atom. The molecule has 0 aromatic heterocycles. The first-order chi connectivity index (χ1) is 7.97. The number of nitrogens with zero attached hydrogens (tertiary/aromatic N) is 1. The molecule has 0 saturated carbocycles. The Balaban J connectivity index is 2.08. The van der Waals surface area contributed by atoms with Gasteiger partial charge in [-0.2, -0.15) is 0 Å². The number of piperazine rings is 1. The molecule has 1 aliphatic rings. The Morgan fingerprint density at radius 2 is 2.00 bits per heavy atom. The van der Waals surface area contributed by atoms with Gasteiger partial charge in [-0.1, -0.05) is 12.1 Å². The zero-order chi connectivity index (χ0) is 12.5. The quantitative estimate of drug-likeness (QED) is 0.848. The lowest BCUT2D eigenvalue weighted by Gasteiger charge is -2.45. The third-order valence-electron chi connectivity index (χ3n) is 3.52. The fraction of sp³-hybridized carbons (Fsp3) is 0.571. The van der Waals surface area contributed by atoms with Crippen molar-refractivity contribution in [1.82, 2.24) is 10.2 Å². The molecule has 1 N–H and O–H groups in total. The maximum absolute atomic E-state index is 12.9. The molecule has 0 aliphatic carbocycles. The Morgan fingerprint density at radius 3 is 2.65 bits per heavy atom. The van der Waals surface area contributed by atoms with Gasteiger partial charge in [0.15, 0.2) is 0 Å². The molecule has 1 fully saturated rings. The molecule has 94 valence electrons. The molecule has 0 bridgehead atoms. The molecule has 1 aliphatic heterocycles. The fourth-order valence-electron chi connectivity index (χ4n) is 2.27. The molecule has 17 heavy (non-hydrogen) atoms. The standard InChI is InChI=1S/C14H21FN2/c1-11-8-17(14(2,3)10-16-11)9-12-4-6-13(15)7-5-12/h4-7,11,16H,8-10H2,1-3H3. The van der Waals surface area contributed by atoms with E-state index in [0.717, 1.165) is 19.6 Å². The summed E-state index contributed by atoms with van der Waals surface area (Å²) in [6, 6.07) is 7.33. The van der Waals surface area contributed by atoms with Crippen LogP contribution in [-0.2, 0) is 6.54 Å². The van der Waals surface area contributed by atoms with E-state index in [1.54, 1.807) is 0 Å². The van der Waals surface area contributed by atoms with Crippen molar-refractivity contribution >= 4 is 0 Å².